The predicted octanol–water partition coefficient (Wildman–Crippen LogP) is 11.1. The van der Waals surface area contributed by atoms with E-state index in [2.05, 4.69) is 167 Å². The SMILES string of the molecule is C1=CCCC(c2cccc3c4c(N(c5ccccc5)c5ccccc5)cc5ccccc5c4n(-c4ccccc4)c23)=C1. The Morgan fingerprint density at radius 2 is 1.21 bits per heavy atom. The van der Waals surface area contributed by atoms with Crippen molar-refractivity contribution in [3.8, 4) is 5.69 Å². The van der Waals surface area contributed by atoms with Crippen LogP contribution in [-0.2, 0) is 0 Å². The molecule has 2 heteroatoms. The van der Waals surface area contributed by atoms with E-state index in [1.165, 1.54) is 55.1 Å². The van der Waals surface area contributed by atoms with Gasteiger partial charge in [0.05, 0.1) is 16.7 Å². The van der Waals surface area contributed by atoms with Crippen molar-refractivity contribution < 1.29 is 0 Å². The molecule has 0 amide bonds. The highest BCUT2D eigenvalue weighted by molar-refractivity contribution is 6.25. The highest BCUT2D eigenvalue weighted by Gasteiger charge is 2.25. The van der Waals surface area contributed by atoms with Crippen molar-refractivity contribution in [2.75, 3.05) is 4.90 Å². The fourth-order valence-corrected chi connectivity index (χ4v) is 6.59. The van der Waals surface area contributed by atoms with E-state index in [9.17, 15) is 0 Å². The Labute approximate surface area is 246 Å². The standard InChI is InChI=1S/C40H30N2/c1-5-16-29(17-6-1)34-26-15-27-36-38-37(41(31-19-7-2-8-20-31)32-21-9-3-10-22-32)28-30-18-13-14-25-35(30)40(38)42(39(34)36)33-23-11-4-12-24-33/h1-5,7-16,18-28H,6,17H2. The Hall–Kier alpha value is -5.34. The third kappa shape index (κ3) is 3.95. The van der Waals surface area contributed by atoms with Gasteiger partial charge in [-0.15, -0.1) is 0 Å². The molecule has 0 saturated heterocycles. The Bertz CT molecular complexity index is 2080. The number of hydrogen-bond donors (Lipinski definition) is 0. The Kier molecular flexibility index (Phi) is 5.97. The molecular formula is C40H30N2. The molecule has 0 unspecified atom stereocenters. The molecule has 42 heavy (non-hydrogen) atoms. The van der Waals surface area contributed by atoms with Gasteiger partial charge < -0.3 is 9.47 Å². The third-order valence-corrected chi connectivity index (χ3v) is 8.40. The van der Waals surface area contributed by atoms with Crippen molar-refractivity contribution in [3.63, 3.8) is 0 Å². The number of para-hydroxylation sites is 4. The minimum absolute atomic E-state index is 1.04. The molecule has 0 bridgehead atoms. The van der Waals surface area contributed by atoms with Gasteiger partial charge in [0.1, 0.15) is 0 Å². The first-order valence-corrected chi connectivity index (χ1v) is 14.7. The summed E-state index contributed by atoms with van der Waals surface area (Å²) in [7, 11) is 0. The van der Waals surface area contributed by atoms with Crippen molar-refractivity contribution >= 4 is 55.2 Å². The van der Waals surface area contributed by atoms with Gasteiger partial charge >= 0.3 is 0 Å². The van der Waals surface area contributed by atoms with Crippen molar-refractivity contribution in [1.82, 2.24) is 4.57 Å². The van der Waals surface area contributed by atoms with E-state index in [-0.39, 0.29) is 0 Å². The van der Waals surface area contributed by atoms with E-state index in [0.29, 0.717) is 0 Å². The van der Waals surface area contributed by atoms with Crippen LogP contribution < -0.4 is 4.90 Å². The minimum Gasteiger partial charge on any atom is -0.310 e. The van der Waals surface area contributed by atoms with Crippen molar-refractivity contribution in [3.05, 3.63) is 163 Å². The van der Waals surface area contributed by atoms with Crippen molar-refractivity contribution in [2.45, 2.75) is 12.8 Å². The molecule has 0 saturated carbocycles. The van der Waals surface area contributed by atoms with Crippen LogP contribution in [0.25, 0.3) is 43.8 Å². The normalized spacial score (nSPS) is 13.1. The summed E-state index contributed by atoms with van der Waals surface area (Å²) >= 11 is 0. The van der Waals surface area contributed by atoms with Crippen LogP contribution in [0.2, 0.25) is 0 Å². The first kappa shape index (κ1) is 24.5. The molecule has 1 aromatic heterocycles. The number of aromatic nitrogens is 1. The van der Waals surface area contributed by atoms with Crippen LogP contribution in [0, 0.1) is 0 Å². The molecule has 6 aromatic carbocycles. The zero-order valence-electron chi connectivity index (χ0n) is 23.3. The van der Waals surface area contributed by atoms with Crippen LogP contribution in [-0.4, -0.2) is 4.57 Å². The van der Waals surface area contributed by atoms with Gasteiger partial charge in [-0.05, 0) is 66.3 Å². The zero-order valence-corrected chi connectivity index (χ0v) is 23.3. The average molecular weight is 539 g/mol. The summed E-state index contributed by atoms with van der Waals surface area (Å²) in [5.41, 5.74) is 9.81. The van der Waals surface area contributed by atoms with Crippen LogP contribution in [0.3, 0.4) is 0 Å². The largest absolute Gasteiger partial charge is 0.310 e. The van der Waals surface area contributed by atoms with E-state index in [0.717, 1.165) is 24.2 Å². The topological polar surface area (TPSA) is 8.17 Å². The molecule has 2 nitrogen and oxygen atoms in total. The maximum absolute atomic E-state index is 2.51. The molecule has 200 valence electrons. The molecule has 1 aliphatic carbocycles. The molecule has 7 aromatic rings. The summed E-state index contributed by atoms with van der Waals surface area (Å²) < 4.78 is 2.51. The first-order valence-electron chi connectivity index (χ1n) is 14.7. The van der Waals surface area contributed by atoms with E-state index < -0.39 is 0 Å². The van der Waals surface area contributed by atoms with E-state index in [1.807, 2.05) is 0 Å². The fraction of sp³-hybridized carbons (Fsp3) is 0.0500. The number of rotatable bonds is 5. The summed E-state index contributed by atoms with van der Waals surface area (Å²) in [6.45, 7) is 0. The van der Waals surface area contributed by atoms with Gasteiger partial charge in [0, 0.05) is 38.8 Å². The van der Waals surface area contributed by atoms with Gasteiger partial charge in [-0.2, -0.15) is 0 Å². The second kappa shape index (κ2) is 10.2. The third-order valence-electron chi connectivity index (χ3n) is 8.40. The first-order chi connectivity index (χ1) is 20.9. The van der Waals surface area contributed by atoms with Gasteiger partial charge in [-0.1, -0.05) is 115 Å². The van der Waals surface area contributed by atoms with E-state index in [1.54, 1.807) is 0 Å². The molecule has 0 atom stereocenters. The van der Waals surface area contributed by atoms with Crippen LogP contribution in [0.4, 0.5) is 17.1 Å². The second-order valence-electron chi connectivity index (χ2n) is 10.9. The van der Waals surface area contributed by atoms with Crippen molar-refractivity contribution in [1.29, 1.82) is 0 Å². The molecule has 0 N–H and O–H groups in total. The number of hydrogen-bond acceptors (Lipinski definition) is 1. The number of fused-ring (bicyclic) bond motifs is 5. The van der Waals surface area contributed by atoms with Crippen LogP contribution in [0.5, 0.6) is 0 Å². The lowest BCUT2D eigenvalue weighted by Crippen LogP contribution is -2.10. The summed E-state index contributed by atoms with van der Waals surface area (Å²) in [6.07, 6.45) is 8.88. The van der Waals surface area contributed by atoms with Gasteiger partial charge in [0.2, 0.25) is 0 Å². The lowest BCUT2D eigenvalue weighted by Gasteiger charge is -2.27. The molecule has 1 aliphatic rings. The molecule has 0 radical (unpaired) electrons. The maximum Gasteiger partial charge on any atom is 0.0640 e. The summed E-state index contributed by atoms with van der Waals surface area (Å²) in [5, 5.41) is 4.99. The lowest BCUT2D eigenvalue weighted by molar-refractivity contribution is 1.05. The highest BCUT2D eigenvalue weighted by atomic mass is 15.1. The Morgan fingerprint density at radius 3 is 1.90 bits per heavy atom. The average Bonchev–Trinajstić information content (AvgIpc) is 3.43. The molecule has 1 heterocycles. The van der Waals surface area contributed by atoms with Gasteiger partial charge in [-0.25, -0.2) is 0 Å². The summed E-state index contributed by atoms with van der Waals surface area (Å²) in [6, 6.07) is 50.4. The van der Waals surface area contributed by atoms with Crippen LogP contribution >= 0.6 is 0 Å². The van der Waals surface area contributed by atoms with Gasteiger partial charge in [0.25, 0.3) is 0 Å². The molecule has 8 rings (SSSR count). The predicted molar refractivity (Wildman–Crippen MR) is 179 cm³/mol. The Balaban J connectivity index is 1.60. The minimum atomic E-state index is 1.04. The van der Waals surface area contributed by atoms with Crippen LogP contribution in [0.15, 0.2) is 158 Å². The number of nitrogens with zero attached hydrogens (tertiary/aromatic N) is 2. The molecule has 0 fully saturated rings. The van der Waals surface area contributed by atoms with Gasteiger partial charge in [0.15, 0.2) is 0 Å². The summed E-state index contributed by atoms with van der Waals surface area (Å²) in [5.74, 6) is 0. The summed E-state index contributed by atoms with van der Waals surface area (Å²) in [4.78, 5) is 2.42. The maximum atomic E-state index is 2.51. The molecular weight excluding hydrogens is 508 g/mol. The number of anilines is 3. The zero-order chi connectivity index (χ0) is 27.9. The lowest BCUT2D eigenvalue weighted by atomic mass is 9.95. The van der Waals surface area contributed by atoms with Crippen LogP contribution in [0.1, 0.15) is 18.4 Å². The van der Waals surface area contributed by atoms with Crippen molar-refractivity contribution in [2.24, 2.45) is 0 Å². The highest BCUT2D eigenvalue weighted by Crippen LogP contribution is 2.48. The quantitative estimate of drug-likeness (QED) is 0.212. The number of benzene rings is 6. The van der Waals surface area contributed by atoms with E-state index in [4.69, 9.17) is 0 Å². The van der Waals surface area contributed by atoms with Gasteiger partial charge in [-0.3, -0.25) is 0 Å². The van der Waals surface area contributed by atoms with E-state index >= 15 is 0 Å². The molecule has 0 spiro atoms. The Morgan fingerprint density at radius 1 is 0.571 bits per heavy atom. The monoisotopic (exact) mass is 538 g/mol. The smallest absolute Gasteiger partial charge is 0.0640 e. The second-order valence-corrected chi connectivity index (χ2v) is 10.9. The molecule has 0 aliphatic heterocycles. The fourth-order valence-electron chi connectivity index (χ4n) is 6.59. The number of allylic oxidation sites excluding steroid dienone is 4.